The lowest BCUT2D eigenvalue weighted by Gasteiger charge is -2.36. The van der Waals surface area contributed by atoms with Gasteiger partial charge >= 0.3 is 0 Å². The lowest BCUT2D eigenvalue weighted by atomic mass is 10.0. The Hall–Kier alpha value is -0.650. The number of ether oxygens (including phenoxy) is 1. The van der Waals surface area contributed by atoms with Gasteiger partial charge < -0.3 is 15.0 Å². The van der Waals surface area contributed by atoms with Crippen molar-refractivity contribution in [3.05, 3.63) is 0 Å². The maximum absolute atomic E-state index is 12.3. The Morgan fingerprint density at radius 2 is 2.15 bits per heavy atom. The van der Waals surface area contributed by atoms with Crippen molar-refractivity contribution in [2.75, 3.05) is 46.9 Å². The van der Waals surface area contributed by atoms with Crippen molar-refractivity contribution in [1.82, 2.24) is 15.1 Å². The Balaban J connectivity index is 1.75. The van der Waals surface area contributed by atoms with Crippen LogP contribution < -0.4 is 5.32 Å². The van der Waals surface area contributed by atoms with Gasteiger partial charge in [0.2, 0.25) is 5.91 Å². The van der Waals surface area contributed by atoms with Crippen molar-refractivity contribution >= 4 is 5.91 Å². The average Bonchev–Trinajstić information content (AvgIpc) is 3.29. The molecule has 1 N–H and O–H groups in total. The predicted molar refractivity (Wildman–Crippen MR) is 79.7 cm³/mol. The molecule has 1 atom stereocenters. The molecule has 0 aromatic carbocycles. The third-order valence-corrected chi connectivity index (χ3v) is 4.44. The van der Waals surface area contributed by atoms with E-state index < -0.39 is 0 Å². The smallest absolute Gasteiger partial charge is 0.236 e. The first-order chi connectivity index (χ1) is 9.72. The van der Waals surface area contributed by atoms with Crippen LogP contribution in [0.5, 0.6) is 0 Å². The number of piperidine rings is 1. The summed E-state index contributed by atoms with van der Waals surface area (Å²) in [5.74, 6) is 0.288. The molecule has 1 amide bonds. The number of likely N-dealkylation sites (N-methyl/N-ethyl adjacent to an activating group) is 1. The molecule has 0 radical (unpaired) electrons. The van der Waals surface area contributed by atoms with Gasteiger partial charge in [0.1, 0.15) is 0 Å². The summed E-state index contributed by atoms with van der Waals surface area (Å²) in [6.45, 7) is 4.24. The third-order valence-electron chi connectivity index (χ3n) is 4.44. The van der Waals surface area contributed by atoms with Gasteiger partial charge in [-0.2, -0.15) is 0 Å². The Morgan fingerprint density at radius 1 is 1.35 bits per heavy atom. The first-order valence-electron chi connectivity index (χ1n) is 7.91. The molecule has 0 spiro atoms. The number of hydrogen-bond donors (Lipinski definition) is 1. The highest BCUT2D eigenvalue weighted by Gasteiger charge is 2.31. The van der Waals surface area contributed by atoms with Crippen molar-refractivity contribution in [3.8, 4) is 0 Å². The first-order valence-corrected chi connectivity index (χ1v) is 7.91. The molecule has 2 rings (SSSR count). The van der Waals surface area contributed by atoms with Gasteiger partial charge in [0, 0.05) is 39.3 Å². The number of hydrogen-bond acceptors (Lipinski definition) is 4. The summed E-state index contributed by atoms with van der Waals surface area (Å²) in [5, 5.41) is 3.43. The molecule has 0 aromatic rings. The molecule has 116 valence electrons. The summed E-state index contributed by atoms with van der Waals surface area (Å²) in [6.07, 6.45) is 6.06. The van der Waals surface area contributed by atoms with Crippen LogP contribution in [0.1, 0.15) is 32.1 Å². The zero-order chi connectivity index (χ0) is 14.4. The maximum atomic E-state index is 12.3. The summed E-state index contributed by atoms with van der Waals surface area (Å²) in [7, 11) is 3.68. The lowest BCUT2D eigenvalue weighted by molar-refractivity contribution is -0.132. The molecule has 1 aliphatic carbocycles. The predicted octanol–water partition coefficient (Wildman–Crippen LogP) is 0.698. The molecule has 1 heterocycles. The zero-order valence-corrected chi connectivity index (χ0v) is 12.9. The molecule has 2 fully saturated rings. The highest BCUT2D eigenvalue weighted by Crippen LogP contribution is 2.26. The summed E-state index contributed by atoms with van der Waals surface area (Å²) in [4.78, 5) is 16.6. The van der Waals surface area contributed by atoms with E-state index in [9.17, 15) is 4.79 Å². The van der Waals surface area contributed by atoms with Crippen molar-refractivity contribution in [3.63, 3.8) is 0 Å². The number of carbonyl (C=O) groups is 1. The van der Waals surface area contributed by atoms with E-state index in [0.29, 0.717) is 18.6 Å². The van der Waals surface area contributed by atoms with Gasteiger partial charge in [0.25, 0.3) is 0 Å². The molecule has 0 bridgehead atoms. The van der Waals surface area contributed by atoms with Crippen molar-refractivity contribution in [1.29, 1.82) is 0 Å². The molecule has 1 saturated carbocycles. The van der Waals surface area contributed by atoms with Crippen LogP contribution in [0.4, 0.5) is 0 Å². The van der Waals surface area contributed by atoms with Gasteiger partial charge in [-0.3, -0.25) is 9.69 Å². The van der Waals surface area contributed by atoms with Crippen molar-refractivity contribution in [2.45, 2.75) is 44.2 Å². The fourth-order valence-electron chi connectivity index (χ4n) is 2.89. The second-order valence-corrected chi connectivity index (χ2v) is 6.05. The average molecular weight is 283 g/mol. The van der Waals surface area contributed by atoms with Gasteiger partial charge in [0.05, 0.1) is 13.2 Å². The fourth-order valence-corrected chi connectivity index (χ4v) is 2.89. The second kappa shape index (κ2) is 7.96. The monoisotopic (exact) mass is 283 g/mol. The van der Waals surface area contributed by atoms with Crippen LogP contribution in [-0.2, 0) is 9.53 Å². The molecule has 5 heteroatoms. The van der Waals surface area contributed by atoms with Crippen molar-refractivity contribution in [2.24, 2.45) is 0 Å². The Labute approximate surface area is 122 Å². The van der Waals surface area contributed by atoms with Gasteiger partial charge in [-0.05, 0) is 32.2 Å². The van der Waals surface area contributed by atoms with E-state index >= 15 is 0 Å². The summed E-state index contributed by atoms with van der Waals surface area (Å²) in [6, 6.07) is 1.02. The van der Waals surface area contributed by atoms with Gasteiger partial charge in [-0.25, -0.2) is 0 Å². The minimum atomic E-state index is 0.288. The number of rotatable bonds is 8. The number of methoxy groups -OCH3 is 1. The minimum Gasteiger partial charge on any atom is -0.383 e. The Kier molecular flexibility index (Phi) is 6.26. The highest BCUT2D eigenvalue weighted by atomic mass is 16.5. The third kappa shape index (κ3) is 4.72. The molecule has 0 aromatic heterocycles. The molecule has 1 saturated heterocycles. The van der Waals surface area contributed by atoms with E-state index in [4.69, 9.17) is 4.74 Å². The number of likely N-dealkylation sites (tertiary alicyclic amines) is 1. The molecule has 2 aliphatic rings. The maximum Gasteiger partial charge on any atom is 0.236 e. The van der Waals surface area contributed by atoms with Gasteiger partial charge in [0.15, 0.2) is 0 Å². The van der Waals surface area contributed by atoms with Gasteiger partial charge in [-0.1, -0.05) is 6.42 Å². The normalized spacial score (nSPS) is 23.8. The zero-order valence-electron chi connectivity index (χ0n) is 12.9. The molecular formula is C15H29N3O2. The Bertz CT molecular complexity index is 307. The van der Waals surface area contributed by atoms with Crippen LogP contribution in [0.25, 0.3) is 0 Å². The van der Waals surface area contributed by atoms with Crippen LogP contribution >= 0.6 is 0 Å². The lowest BCUT2D eigenvalue weighted by Crippen LogP contribution is -2.50. The van der Waals surface area contributed by atoms with Crippen LogP contribution in [0, 0.1) is 0 Å². The van der Waals surface area contributed by atoms with Crippen LogP contribution in [0.15, 0.2) is 0 Å². The number of amides is 1. The van der Waals surface area contributed by atoms with E-state index in [0.717, 1.165) is 26.2 Å². The quantitative estimate of drug-likeness (QED) is 0.666. The topological polar surface area (TPSA) is 44.8 Å². The van der Waals surface area contributed by atoms with E-state index in [1.807, 2.05) is 11.9 Å². The van der Waals surface area contributed by atoms with Crippen molar-refractivity contribution < 1.29 is 9.53 Å². The summed E-state index contributed by atoms with van der Waals surface area (Å²) in [5.41, 5.74) is 0. The largest absolute Gasteiger partial charge is 0.383 e. The van der Waals surface area contributed by atoms with Gasteiger partial charge in [-0.15, -0.1) is 0 Å². The SMILES string of the molecule is COCCNCC1CCCCN1CC(=O)N(C)C1CC1. The molecule has 5 nitrogen and oxygen atoms in total. The number of nitrogens with zero attached hydrogens (tertiary/aromatic N) is 2. The number of carbonyl (C=O) groups excluding carboxylic acids is 1. The molecule has 20 heavy (non-hydrogen) atoms. The van der Waals surface area contributed by atoms with E-state index in [-0.39, 0.29) is 5.91 Å². The summed E-state index contributed by atoms with van der Waals surface area (Å²) < 4.78 is 5.05. The van der Waals surface area contributed by atoms with E-state index in [1.54, 1.807) is 7.11 Å². The number of nitrogens with one attached hydrogen (secondary N) is 1. The van der Waals surface area contributed by atoms with E-state index in [1.165, 1.54) is 32.1 Å². The molecule has 1 unspecified atom stereocenters. The minimum absolute atomic E-state index is 0.288. The second-order valence-electron chi connectivity index (χ2n) is 6.05. The van der Waals surface area contributed by atoms with Crippen LogP contribution in [0.2, 0.25) is 0 Å². The summed E-state index contributed by atoms with van der Waals surface area (Å²) >= 11 is 0. The first kappa shape index (κ1) is 15.7. The fraction of sp³-hybridized carbons (Fsp3) is 0.933. The van der Waals surface area contributed by atoms with Crippen LogP contribution in [0.3, 0.4) is 0 Å². The van der Waals surface area contributed by atoms with E-state index in [2.05, 4.69) is 10.2 Å². The van der Waals surface area contributed by atoms with Crippen LogP contribution in [-0.4, -0.2) is 74.7 Å². The standard InChI is InChI=1S/C15H29N3O2/c1-17(13-6-7-13)15(19)12-18-9-4-3-5-14(18)11-16-8-10-20-2/h13-14,16H,3-12H2,1-2H3. The molecule has 1 aliphatic heterocycles. The molecular weight excluding hydrogens is 254 g/mol. The highest BCUT2D eigenvalue weighted by molar-refractivity contribution is 5.78. The Morgan fingerprint density at radius 3 is 2.85 bits per heavy atom.